The topological polar surface area (TPSA) is 34.1 Å². The smallest absolute Gasteiger partial charge is 0.356 e. The molecule has 0 bridgehead atoms. The van der Waals surface area contributed by atoms with Gasteiger partial charge in [-0.3, -0.25) is 4.98 Å². The van der Waals surface area contributed by atoms with Gasteiger partial charge in [0.05, 0.1) is 5.57 Å². The first-order chi connectivity index (χ1) is 8.48. The van der Waals surface area contributed by atoms with E-state index < -0.39 is 17.5 Å². The number of nitrogens with one attached hydrogen (secondary N) is 1. The molecule has 0 aromatic carbocycles. The Morgan fingerprint density at radius 3 is 2.39 bits per heavy atom. The van der Waals surface area contributed by atoms with Gasteiger partial charge in [-0.1, -0.05) is 0 Å². The van der Waals surface area contributed by atoms with E-state index in [1.54, 1.807) is 24.5 Å². The molecule has 18 heavy (non-hydrogen) atoms. The van der Waals surface area contributed by atoms with Gasteiger partial charge < -0.3 is 10.1 Å². The third-order valence-corrected chi connectivity index (χ3v) is 2.70. The Balaban J connectivity index is 2.31. The molecule has 3 nitrogen and oxygen atoms in total. The minimum atomic E-state index is -4.37. The summed E-state index contributed by atoms with van der Waals surface area (Å²) in [4.78, 5) is 3.86. The third-order valence-electron chi connectivity index (χ3n) is 2.70. The van der Waals surface area contributed by atoms with Crippen LogP contribution >= 0.6 is 0 Å². The number of dihydropyridines is 1. The molecule has 1 aliphatic heterocycles. The maximum Gasteiger partial charge on any atom is 0.417 e. The second kappa shape index (κ2) is 4.45. The van der Waals surface area contributed by atoms with E-state index in [1.165, 1.54) is 13.2 Å². The SMILES string of the molecule is COC1(c2ccncc2)C=CC(C(F)(F)F)=CN1. The number of methoxy groups -OCH3 is 1. The van der Waals surface area contributed by atoms with Gasteiger partial charge in [0.25, 0.3) is 0 Å². The molecule has 6 heteroatoms. The second-order valence-corrected chi connectivity index (χ2v) is 3.75. The van der Waals surface area contributed by atoms with Gasteiger partial charge in [-0.05, 0) is 24.3 Å². The number of alkyl halides is 3. The average molecular weight is 256 g/mol. The molecular weight excluding hydrogens is 245 g/mol. The van der Waals surface area contributed by atoms with Gasteiger partial charge in [0, 0.05) is 31.3 Å². The number of aromatic nitrogens is 1. The quantitative estimate of drug-likeness (QED) is 0.882. The van der Waals surface area contributed by atoms with E-state index in [-0.39, 0.29) is 0 Å². The number of hydrogen-bond donors (Lipinski definition) is 1. The van der Waals surface area contributed by atoms with E-state index >= 15 is 0 Å². The van der Waals surface area contributed by atoms with Crippen molar-refractivity contribution < 1.29 is 17.9 Å². The van der Waals surface area contributed by atoms with Crippen molar-refractivity contribution in [2.24, 2.45) is 0 Å². The highest BCUT2D eigenvalue weighted by Crippen LogP contribution is 2.33. The number of hydrogen-bond acceptors (Lipinski definition) is 3. The van der Waals surface area contributed by atoms with Crippen molar-refractivity contribution in [1.29, 1.82) is 0 Å². The molecule has 2 heterocycles. The van der Waals surface area contributed by atoms with Crippen LogP contribution in [0, 0.1) is 0 Å². The molecule has 0 saturated heterocycles. The maximum atomic E-state index is 12.5. The Kier molecular flexibility index (Phi) is 3.13. The van der Waals surface area contributed by atoms with E-state index in [0.29, 0.717) is 5.56 Å². The fraction of sp³-hybridized carbons (Fsp3) is 0.250. The average Bonchev–Trinajstić information content (AvgIpc) is 2.39. The molecule has 1 N–H and O–H groups in total. The zero-order valence-corrected chi connectivity index (χ0v) is 9.53. The van der Waals surface area contributed by atoms with Gasteiger partial charge in [0.2, 0.25) is 0 Å². The zero-order chi connectivity index (χ0) is 13.2. The first kappa shape index (κ1) is 12.6. The van der Waals surface area contributed by atoms with Crippen molar-refractivity contribution in [2.75, 3.05) is 7.11 Å². The summed E-state index contributed by atoms with van der Waals surface area (Å²) in [5.74, 6) is 0. The summed E-state index contributed by atoms with van der Waals surface area (Å²) in [5.41, 5.74) is -1.16. The predicted molar refractivity (Wildman–Crippen MR) is 59.3 cm³/mol. The summed E-state index contributed by atoms with van der Waals surface area (Å²) >= 11 is 0. The number of rotatable bonds is 2. The first-order valence-electron chi connectivity index (χ1n) is 5.18. The summed E-state index contributed by atoms with van der Waals surface area (Å²) in [6.45, 7) is 0. The Bertz CT molecular complexity index is 482. The lowest BCUT2D eigenvalue weighted by molar-refractivity contribution is -0.0904. The van der Waals surface area contributed by atoms with Crippen LogP contribution in [0.15, 0.2) is 48.5 Å². The second-order valence-electron chi connectivity index (χ2n) is 3.75. The van der Waals surface area contributed by atoms with Crippen LogP contribution in [-0.4, -0.2) is 18.3 Å². The lowest BCUT2D eigenvalue weighted by Gasteiger charge is -2.33. The van der Waals surface area contributed by atoms with Crippen molar-refractivity contribution in [2.45, 2.75) is 11.9 Å². The Morgan fingerprint density at radius 1 is 1.28 bits per heavy atom. The Morgan fingerprint density at radius 2 is 1.94 bits per heavy atom. The largest absolute Gasteiger partial charge is 0.417 e. The van der Waals surface area contributed by atoms with Gasteiger partial charge in [-0.2, -0.15) is 13.2 Å². The molecule has 96 valence electrons. The number of ether oxygens (including phenoxy) is 1. The van der Waals surface area contributed by atoms with E-state index in [2.05, 4.69) is 10.3 Å². The molecule has 0 fully saturated rings. The van der Waals surface area contributed by atoms with Gasteiger partial charge in [-0.15, -0.1) is 0 Å². The monoisotopic (exact) mass is 256 g/mol. The minimum absolute atomic E-state index is 0.675. The van der Waals surface area contributed by atoms with Crippen LogP contribution in [0.2, 0.25) is 0 Å². The van der Waals surface area contributed by atoms with Crippen LogP contribution in [0.5, 0.6) is 0 Å². The van der Waals surface area contributed by atoms with Crippen molar-refractivity contribution in [3.63, 3.8) is 0 Å². The molecule has 1 aromatic rings. The van der Waals surface area contributed by atoms with Gasteiger partial charge in [-0.25, -0.2) is 0 Å². The summed E-state index contributed by atoms with van der Waals surface area (Å²) < 4.78 is 42.8. The molecule has 1 aliphatic rings. The van der Waals surface area contributed by atoms with Crippen LogP contribution in [-0.2, 0) is 10.5 Å². The number of halogens is 3. The molecule has 1 unspecified atom stereocenters. The van der Waals surface area contributed by atoms with Crippen LogP contribution in [0.1, 0.15) is 5.56 Å². The molecule has 0 amide bonds. The fourth-order valence-electron chi connectivity index (χ4n) is 1.69. The lowest BCUT2D eigenvalue weighted by Crippen LogP contribution is -2.42. The molecular formula is C12H11F3N2O. The van der Waals surface area contributed by atoms with E-state index in [0.717, 1.165) is 12.3 Å². The molecule has 1 aromatic heterocycles. The highest BCUT2D eigenvalue weighted by Gasteiger charge is 2.37. The standard InChI is InChI=1S/C12H11F3N2O/c1-18-11(9-3-6-16-7-4-9)5-2-10(8-17-11)12(13,14)15/h2-8,17H,1H3. The van der Waals surface area contributed by atoms with Gasteiger partial charge in [0.1, 0.15) is 0 Å². The van der Waals surface area contributed by atoms with Crippen LogP contribution < -0.4 is 5.32 Å². The third kappa shape index (κ3) is 2.24. The molecule has 0 saturated carbocycles. The van der Waals surface area contributed by atoms with Crippen LogP contribution in [0.4, 0.5) is 13.2 Å². The summed E-state index contributed by atoms with van der Waals surface area (Å²) in [5, 5.41) is 2.64. The van der Waals surface area contributed by atoms with E-state index in [4.69, 9.17) is 4.74 Å². The van der Waals surface area contributed by atoms with E-state index in [9.17, 15) is 13.2 Å². The predicted octanol–water partition coefficient (Wildman–Crippen LogP) is 2.49. The van der Waals surface area contributed by atoms with Gasteiger partial charge >= 0.3 is 6.18 Å². The number of pyridine rings is 1. The van der Waals surface area contributed by atoms with Gasteiger partial charge in [0.15, 0.2) is 5.72 Å². The van der Waals surface area contributed by atoms with Crippen molar-refractivity contribution in [1.82, 2.24) is 10.3 Å². The normalized spacial score (nSPS) is 23.4. The van der Waals surface area contributed by atoms with Crippen molar-refractivity contribution >= 4 is 0 Å². The van der Waals surface area contributed by atoms with Crippen LogP contribution in [0.25, 0.3) is 0 Å². The summed E-state index contributed by atoms with van der Waals surface area (Å²) in [6.07, 6.45) is 1.97. The molecule has 2 rings (SSSR count). The Labute approximate surface area is 102 Å². The fourth-order valence-corrected chi connectivity index (χ4v) is 1.69. The minimum Gasteiger partial charge on any atom is -0.356 e. The maximum absolute atomic E-state index is 12.5. The van der Waals surface area contributed by atoms with Crippen molar-refractivity contribution in [3.8, 4) is 0 Å². The zero-order valence-electron chi connectivity index (χ0n) is 9.53. The Hall–Kier alpha value is -1.82. The summed E-state index contributed by atoms with van der Waals surface area (Å²) in [6, 6.07) is 3.35. The molecule has 0 radical (unpaired) electrons. The van der Waals surface area contributed by atoms with Crippen molar-refractivity contribution in [3.05, 3.63) is 54.0 Å². The number of nitrogens with zero attached hydrogens (tertiary/aromatic N) is 1. The highest BCUT2D eigenvalue weighted by atomic mass is 19.4. The molecule has 0 aliphatic carbocycles. The highest BCUT2D eigenvalue weighted by molar-refractivity contribution is 5.35. The molecule has 1 atom stereocenters. The van der Waals surface area contributed by atoms with Crippen LogP contribution in [0.3, 0.4) is 0 Å². The molecule has 0 spiro atoms. The van der Waals surface area contributed by atoms with E-state index in [1.807, 2.05) is 0 Å². The summed E-state index contributed by atoms with van der Waals surface area (Å²) in [7, 11) is 1.42. The number of allylic oxidation sites excluding steroid dienone is 2. The first-order valence-corrected chi connectivity index (χ1v) is 5.18. The lowest BCUT2D eigenvalue weighted by atomic mass is 9.99.